The molecule has 1 aliphatic rings. The van der Waals surface area contributed by atoms with Crippen LogP contribution in [0.2, 0.25) is 0 Å². The molecular formula is C11H15N3OS. The number of ether oxygens (including phenoxy) is 1. The van der Waals surface area contributed by atoms with E-state index in [1.54, 1.807) is 13.3 Å². The van der Waals surface area contributed by atoms with E-state index in [9.17, 15) is 0 Å². The minimum Gasteiger partial charge on any atom is -0.389 e. The highest BCUT2D eigenvalue weighted by atomic mass is 32.1. The second-order valence-electron chi connectivity index (χ2n) is 3.96. The van der Waals surface area contributed by atoms with Gasteiger partial charge >= 0.3 is 0 Å². The lowest BCUT2D eigenvalue weighted by atomic mass is 9.89. The van der Waals surface area contributed by atoms with Gasteiger partial charge in [-0.1, -0.05) is 12.2 Å². The number of hydrogen-bond acceptors (Lipinski definition) is 4. The van der Waals surface area contributed by atoms with Gasteiger partial charge in [0.2, 0.25) is 0 Å². The lowest BCUT2D eigenvalue weighted by Gasteiger charge is -2.34. The standard InChI is InChI=1S/C11H15N3OS/c1-15-9-5-8(6-9)14-10-4-7(11(12)16)2-3-13-10/h2-4,8-9H,5-6H2,1H3,(H2,12,16)(H,13,14). The molecule has 0 aromatic carbocycles. The van der Waals surface area contributed by atoms with Crippen LogP contribution in [0.4, 0.5) is 5.82 Å². The van der Waals surface area contributed by atoms with Crippen molar-refractivity contribution in [2.75, 3.05) is 12.4 Å². The second-order valence-corrected chi connectivity index (χ2v) is 4.40. The fourth-order valence-corrected chi connectivity index (χ4v) is 1.87. The number of methoxy groups -OCH3 is 1. The van der Waals surface area contributed by atoms with E-state index in [4.69, 9.17) is 22.7 Å². The zero-order chi connectivity index (χ0) is 11.5. The Morgan fingerprint density at radius 2 is 2.38 bits per heavy atom. The Morgan fingerprint density at radius 1 is 1.62 bits per heavy atom. The quantitative estimate of drug-likeness (QED) is 0.773. The van der Waals surface area contributed by atoms with Crippen LogP contribution >= 0.6 is 12.2 Å². The van der Waals surface area contributed by atoms with Crippen molar-refractivity contribution in [1.29, 1.82) is 0 Å². The van der Waals surface area contributed by atoms with Gasteiger partial charge in [0, 0.05) is 24.9 Å². The number of pyridine rings is 1. The molecule has 1 aromatic rings. The van der Waals surface area contributed by atoms with Gasteiger partial charge in [0.25, 0.3) is 0 Å². The van der Waals surface area contributed by atoms with E-state index in [1.807, 2.05) is 12.1 Å². The molecule has 0 unspecified atom stereocenters. The summed E-state index contributed by atoms with van der Waals surface area (Å²) in [7, 11) is 1.74. The first kappa shape index (κ1) is 11.3. The first-order chi connectivity index (χ1) is 7.69. The molecule has 0 atom stereocenters. The van der Waals surface area contributed by atoms with Crippen LogP contribution in [0.3, 0.4) is 0 Å². The van der Waals surface area contributed by atoms with E-state index in [2.05, 4.69) is 10.3 Å². The fourth-order valence-electron chi connectivity index (χ4n) is 1.75. The molecule has 86 valence electrons. The highest BCUT2D eigenvalue weighted by molar-refractivity contribution is 7.80. The van der Waals surface area contributed by atoms with Crippen LogP contribution < -0.4 is 11.1 Å². The SMILES string of the molecule is COC1CC(Nc2cc(C(N)=S)ccn2)C1. The number of hydrogen-bond donors (Lipinski definition) is 2. The Morgan fingerprint density at radius 3 is 3.00 bits per heavy atom. The number of rotatable bonds is 4. The van der Waals surface area contributed by atoms with Crippen LogP contribution in [0.25, 0.3) is 0 Å². The van der Waals surface area contributed by atoms with Crippen LogP contribution in [-0.4, -0.2) is 29.2 Å². The van der Waals surface area contributed by atoms with E-state index in [0.29, 0.717) is 17.1 Å². The smallest absolute Gasteiger partial charge is 0.126 e. The zero-order valence-corrected chi connectivity index (χ0v) is 9.96. The highest BCUT2D eigenvalue weighted by Gasteiger charge is 2.28. The van der Waals surface area contributed by atoms with Gasteiger partial charge in [-0.25, -0.2) is 4.98 Å². The number of aromatic nitrogens is 1. The molecule has 1 heterocycles. The first-order valence-corrected chi connectivity index (χ1v) is 5.65. The largest absolute Gasteiger partial charge is 0.389 e. The van der Waals surface area contributed by atoms with Crippen LogP contribution in [0.1, 0.15) is 18.4 Å². The molecule has 5 heteroatoms. The van der Waals surface area contributed by atoms with Crippen molar-refractivity contribution >= 4 is 23.0 Å². The number of nitrogens with two attached hydrogens (primary N) is 1. The second kappa shape index (κ2) is 4.76. The summed E-state index contributed by atoms with van der Waals surface area (Å²) in [4.78, 5) is 4.62. The molecule has 0 bridgehead atoms. The van der Waals surface area contributed by atoms with Crippen molar-refractivity contribution in [2.24, 2.45) is 5.73 Å². The lowest BCUT2D eigenvalue weighted by molar-refractivity contribution is 0.0328. The van der Waals surface area contributed by atoms with Gasteiger partial charge in [-0.2, -0.15) is 0 Å². The Bertz CT molecular complexity index is 391. The third-order valence-corrected chi connectivity index (χ3v) is 3.06. The summed E-state index contributed by atoms with van der Waals surface area (Å²) in [5, 5.41) is 3.33. The fraction of sp³-hybridized carbons (Fsp3) is 0.455. The Hall–Kier alpha value is -1.20. The van der Waals surface area contributed by atoms with E-state index in [0.717, 1.165) is 24.2 Å². The van der Waals surface area contributed by atoms with Gasteiger partial charge in [-0.15, -0.1) is 0 Å². The number of nitrogens with zero attached hydrogens (tertiary/aromatic N) is 1. The molecule has 1 aromatic heterocycles. The summed E-state index contributed by atoms with van der Waals surface area (Å²) in [5.41, 5.74) is 6.40. The van der Waals surface area contributed by atoms with Crippen LogP contribution in [-0.2, 0) is 4.74 Å². The van der Waals surface area contributed by atoms with Crippen LogP contribution in [0.5, 0.6) is 0 Å². The highest BCUT2D eigenvalue weighted by Crippen LogP contribution is 2.25. The summed E-state index contributed by atoms with van der Waals surface area (Å²) < 4.78 is 5.21. The van der Waals surface area contributed by atoms with Crippen molar-refractivity contribution in [3.63, 3.8) is 0 Å². The lowest BCUT2D eigenvalue weighted by Crippen LogP contribution is -2.40. The predicted molar refractivity (Wildman–Crippen MR) is 67.6 cm³/mol. The van der Waals surface area contributed by atoms with Gasteiger partial charge < -0.3 is 15.8 Å². The van der Waals surface area contributed by atoms with E-state index in [1.165, 1.54) is 0 Å². The average molecular weight is 237 g/mol. The molecule has 0 amide bonds. The maximum atomic E-state index is 5.56. The van der Waals surface area contributed by atoms with Crippen LogP contribution in [0, 0.1) is 0 Å². The number of thiocarbonyl (C=S) groups is 1. The molecule has 0 radical (unpaired) electrons. The summed E-state index contributed by atoms with van der Waals surface area (Å²) >= 11 is 4.92. The number of nitrogens with one attached hydrogen (secondary N) is 1. The minimum absolute atomic E-state index is 0.385. The normalized spacial score (nSPS) is 23.6. The maximum absolute atomic E-state index is 5.56. The monoisotopic (exact) mass is 237 g/mol. The third kappa shape index (κ3) is 2.48. The predicted octanol–water partition coefficient (Wildman–Crippen LogP) is 1.31. The summed E-state index contributed by atoms with van der Waals surface area (Å²) in [6.45, 7) is 0. The third-order valence-electron chi connectivity index (χ3n) is 2.82. The van der Waals surface area contributed by atoms with Gasteiger partial charge in [-0.05, 0) is 25.0 Å². The van der Waals surface area contributed by atoms with E-state index >= 15 is 0 Å². The molecule has 1 saturated carbocycles. The van der Waals surface area contributed by atoms with Gasteiger partial charge in [0.1, 0.15) is 10.8 Å². The Labute approximate surface area is 100 Å². The molecule has 0 saturated heterocycles. The van der Waals surface area contributed by atoms with Crippen molar-refractivity contribution in [3.05, 3.63) is 23.9 Å². The van der Waals surface area contributed by atoms with Crippen molar-refractivity contribution < 1.29 is 4.74 Å². The summed E-state index contributed by atoms with van der Waals surface area (Å²) in [6.07, 6.45) is 4.14. The van der Waals surface area contributed by atoms with Gasteiger partial charge in [-0.3, -0.25) is 0 Å². The molecule has 2 rings (SSSR count). The molecule has 16 heavy (non-hydrogen) atoms. The van der Waals surface area contributed by atoms with E-state index in [-0.39, 0.29) is 0 Å². The maximum Gasteiger partial charge on any atom is 0.126 e. The Kier molecular flexibility index (Phi) is 3.36. The van der Waals surface area contributed by atoms with Crippen molar-refractivity contribution in [2.45, 2.75) is 25.0 Å². The average Bonchev–Trinajstić information content (AvgIpc) is 2.23. The summed E-state index contributed by atoms with van der Waals surface area (Å²) in [6, 6.07) is 4.13. The van der Waals surface area contributed by atoms with Crippen LogP contribution in [0.15, 0.2) is 18.3 Å². The molecule has 0 aliphatic heterocycles. The van der Waals surface area contributed by atoms with Gasteiger partial charge in [0.05, 0.1) is 6.10 Å². The zero-order valence-electron chi connectivity index (χ0n) is 9.14. The molecular weight excluding hydrogens is 222 g/mol. The van der Waals surface area contributed by atoms with Crippen molar-refractivity contribution in [1.82, 2.24) is 4.98 Å². The summed E-state index contributed by atoms with van der Waals surface area (Å²) in [5.74, 6) is 0.824. The van der Waals surface area contributed by atoms with Gasteiger partial charge in [0.15, 0.2) is 0 Å². The van der Waals surface area contributed by atoms with Crippen molar-refractivity contribution in [3.8, 4) is 0 Å². The van der Waals surface area contributed by atoms with E-state index < -0.39 is 0 Å². The minimum atomic E-state index is 0.385. The molecule has 3 N–H and O–H groups in total. The molecule has 1 fully saturated rings. The molecule has 1 aliphatic carbocycles. The number of anilines is 1. The molecule has 0 spiro atoms. The molecule has 4 nitrogen and oxygen atoms in total. The topological polar surface area (TPSA) is 60.2 Å². The Balaban J connectivity index is 1.95. The first-order valence-electron chi connectivity index (χ1n) is 5.24.